The lowest BCUT2D eigenvalue weighted by atomic mass is 9.94. The van der Waals surface area contributed by atoms with Gasteiger partial charge in [0.1, 0.15) is 6.10 Å². The Morgan fingerprint density at radius 2 is 1.68 bits per heavy atom. The Labute approximate surface area is 165 Å². The van der Waals surface area contributed by atoms with E-state index < -0.39 is 0 Å². The minimum Gasteiger partial charge on any atom is -0.493 e. The van der Waals surface area contributed by atoms with Crippen LogP contribution in [0.15, 0.2) is 41.6 Å². The van der Waals surface area contributed by atoms with Crippen LogP contribution in [0.2, 0.25) is 0 Å². The van der Waals surface area contributed by atoms with Crippen molar-refractivity contribution < 1.29 is 19.0 Å². The number of fused-ring (bicyclic) bond motifs is 1. The normalized spacial score (nSPS) is 21.1. The van der Waals surface area contributed by atoms with Gasteiger partial charge in [-0.2, -0.15) is 0 Å². The van der Waals surface area contributed by atoms with Crippen LogP contribution in [0.5, 0.6) is 17.2 Å². The summed E-state index contributed by atoms with van der Waals surface area (Å²) < 4.78 is 16.4. The molecule has 2 aliphatic rings. The van der Waals surface area contributed by atoms with Crippen molar-refractivity contribution in [2.24, 2.45) is 11.1 Å². The van der Waals surface area contributed by atoms with Gasteiger partial charge in [-0.1, -0.05) is 35.0 Å². The number of hydrogen-bond acceptors (Lipinski definition) is 6. The molecule has 4 rings (SSSR count). The first kappa shape index (κ1) is 18.6. The summed E-state index contributed by atoms with van der Waals surface area (Å²) in [5.74, 6) is 2.26. The van der Waals surface area contributed by atoms with Crippen LogP contribution < -0.4 is 14.2 Å². The molecule has 2 aliphatic heterocycles. The van der Waals surface area contributed by atoms with Crippen molar-refractivity contribution in [3.8, 4) is 17.2 Å². The van der Waals surface area contributed by atoms with Crippen molar-refractivity contribution in [1.82, 2.24) is 4.90 Å². The fraction of sp³-hybridized carbons (Fsp3) is 0.409. The second-order valence-electron chi connectivity index (χ2n) is 7.32. The lowest BCUT2D eigenvalue weighted by Crippen LogP contribution is -2.23. The highest BCUT2D eigenvalue weighted by atomic mass is 16.6. The number of nitrogens with zero attached hydrogens (tertiary/aromatic N) is 2. The molecule has 0 saturated carbocycles. The highest BCUT2D eigenvalue weighted by Gasteiger charge is 2.42. The van der Waals surface area contributed by atoms with Gasteiger partial charge in [-0.15, -0.1) is 0 Å². The van der Waals surface area contributed by atoms with E-state index in [1.165, 1.54) is 5.56 Å². The number of aryl methyl sites for hydroxylation is 1. The predicted octanol–water partition coefficient (Wildman–Crippen LogP) is 3.26. The number of methoxy groups -OCH3 is 3. The summed E-state index contributed by atoms with van der Waals surface area (Å²) in [6.07, 6.45) is 0.110. The standard InChI is InChI=1S/C22H26N2O4/c1-14-5-7-16(8-6-14)21-17-12-24(13-20(17)28-23-21)11-15-9-18(25-2)22(27-4)19(10-15)26-3/h5-10,17,20H,11-13H2,1-4H3. The van der Waals surface area contributed by atoms with E-state index in [-0.39, 0.29) is 6.10 Å². The first-order valence-corrected chi connectivity index (χ1v) is 9.45. The third-order valence-electron chi connectivity index (χ3n) is 5.46. The number of oxime groups is 1. The Morgan fingerprint density at radius 3 is 2.29 bits per heavy atom. The first-order valence-electron chi connectivity index (χ1n) is 9.45. The summed E-state index contributed by atoms with van der Waals surface area (Å²) in [4.78, 5) is 8.13. The van der Waals surface area contributed by atoms with Crippen molar-refractivity contribution in [3.63, 3.8) is 0 Å². The van der Waals surface area contributed by atoms with Gasteiger partial charge in [-0.25, -0.2) is 0 Å². The molecule has 0 amide bonds. The maximum absolute atomic E-state index is 5.75. The Kier molecular flexibility index (Phi) is 5.13. The smallest absolute Gasteiger partial charge is 0.203 e. The molecule has 0 bridgehead atoms. The van der Waals surface area contributed by atoms with Crippen molar-refractivity contribution in [1.29, 1.82) is 0 Å². The average Bonchev–Trinajstić information content (AvgIpc) is 3.28. The molecule has 0 spiro atoms. The Bertz CT molecular complexity index is 854. The largest absolute Gasteiger partial charge is 0.493 e. The summed E-state index contributed by atoms with van der Waals surface area (Å²) in [5.41, 5.74) is 4.56. The van der Waals surface area contributed by atoms with Crippen LogP contribution >= 0.6 is 0 Å². The van der Waals surface area contributed by atoms with Gasteiger partial charge in [0.2, 0.25) is 5.75 Å². The molecule has 28 heavy (non-hydrogen) atoms. The van der Waals surface area contributed by atoms with E-state index in [9.17, 15) is 0 Å². The van der Waals surface area contributed by atoms with Crippen LogP contribution in [-0.2, 0) is 11.4 Å². The molecule has 1 fully saturated rings. The quantitative estimate of drug-likeness (QED) is 0.768. The third-order valence-corrected chi connectivity index (χ3v) is 5.46. The molecule has 6 nitrogen and oxygen atoms in total. The van der Waals surface area contributed by atoms with Crippen molar-refractivity contribution in [3.05, 3.63) is 53.1 Å². The zero-order chi connectivity index (χ0) is 19.7. The van der Waals surface area contributed by atoms with Crippen LogP contribution in [-0.4, -0.2) is 51.1 Å². The van der Waals surface area contributed by atoms with E-state index in [1.54, 1.807) is 21.3 Å². The van der Waals surface area contributed by atoms with Gasteiger partial charge >= 0.3 is 0 Å². The van der Waals surface area contributed by atoms with Crippen LogP contribution in [0, 0.1) is 12.8 Å². The van der Waals surface area contributed by atoms with E-state index in [1.807, 2.05) is 12.1 Å². The highest BCUT2D eigenvalue weighted by molar-refractivity contribution is 6.03. The molecule has 148 valence electrons. The number of likely N-dealkylation sites (tertiary alicyclic amines) is 1. The number of benzene rings is 2. The van der Waals surface area contributed by atoms with Crippen LogP contribution in [0.1, 0.15) is 16.7 Å². The second kappa shape index (κ2) is 7.72. The van der Waals surface area contributed by atoms with Gasteiger partial charge in [0.15, 0.2) is 11.5 Å². The molecule has 1 saturated heterocycles. The average molecular weight is 382 g/mol. The van der Waals surface area contributed by atoms with Crippen LogP contribution in [0.3, 0.4) is 0 Å². The molecular weight excluding hydrogens is 356 g/mol. The minimum absolute atomic E-state index is 0.110. The fourth-order valence-electron chi connectivity index (χ4n) is 4.02. The molecule has 2 heterocycles. The maximum Gasteiger partial charge on any atom is 0.203 e. The lowest BCUT2D eigenvalue weighted by molar-refractivity contribution is 0.0745. The highest BCUT2D eigenvalue weighted by Crippen LogP contribution is 2.39. The molecule has 2 aromatic rings. The Balaban J connectivity index is 1.50. The molecule has 2 atom stereocenters. The van der Waals surface area contributed by atoms with E-state index in [2.05, 4.69) is 41.2 Å². The molecule has 2 aromatic carbocycles. The van der Waals surface area contributed by atoms with Gasteiger partial charge in [0.25, 0.3) is 0 Å². The summed E-state index contributed by atoms with van der Waals surface area (Å²) in [7, 11) is 4.89. The van der Waals surface area contributed by atoms with E-state index in [0.717, 1.165) is 36.5 Å². The first-order chi connectivity index (χ1) is 13.6. The van der Waals surface area contributed by atoms with Crippen molar-refractivity contribution in [2.45, 2.75) is 19.6 Å². The van der Waals surface area contributed by atoms with Gasteiger partial charge in [-0.3, -0.25) is 4.90 Å². The number of ether oxygens (including phenoxy) is 3. The minimum atomic E-state index is 0.110. The molecule has 0 aromatic heterocycles. The van der Waals surface area contributed by atoms with Gasteiger partial charge < -0.3 is 19.0 Å². The maximum atomic E-state index is 5.75. The van der Waals surface area contributed by atoms with E-state index >= 15 is 0 Å². The molecular formula is C22H26N2O4. The zero-order valence-electron chi connectivity index (χ0n) is 16.8. The third kappa shape index (κ3) is 3.40. The molecule has 2 unspecified atom stereocenters. The Hall–Kier alpha value is -2.73. The van der Waals surface area contributed by atoms with Gasteiger partial charge in [0.05, 0.1) is 33.0 Å². The van der Waals surface area contributed by atoms with E-state index in [4.69, 9.17) is 19.0 Å². The zero-order valence-corrected chi connectivity index (χ0v) is 16.8. The summed E-state index contributed by atoms with van der Waals surface area (Å²) in [5, 5.41) is 4.37. The molecule has 0 aliphatic carbocycles. The number of rotatable bonds is 6. The lowest BCUT2D eigenvalue weighted by Gasteiger charge is -2.19. The summed E-state index contributed by atoms with van der Waals surface area (Å²) in [6.45, 7) is 4.64. The Morgan fingerprint density at radius 1 is 1.00 bits per heavy atom. The summed E-state index contributed by atoms with van der Waals surface area (Å²) in [6, 6.07) is 12.5. The SMILES string of the molecule is COc1cc(CN2CC3ON=C(c4ccc(C)cc4)C3C2)cc(OC)c1OC. The topological polar surface area (TPSA) is 52.5 Å². The monoisotopic (exact) mass is 382 g/mol. The van der Waals surface area contributed by atoms with E-state index in [0.29, 0.717) is 23.2 Å². The van der Waals surface area contributed by atoms with Gasteiger partial charge in [0, 0.05) is 19.6 Å². The molecule has 0 radical (unpaired) electrons. The van der Waals surface area contributed by atoms with Crippen LogP contribution in [0.25, 0.3) is 0 Å². The predicted molar refractivity (Wildman–Crippen MR) is 107 cm³/mol. The number of hydrogen-bond donors (Lipinski definition) is 0. The second-order valence-corrected chi connectivity index (χ2v) is 7.32. The molecule has 6 heteroatoms. The van der Waals surface area contributed by atoms with Gasteiger partial charge in [-0.05, 0) is 30.2 Å². The van der Waals surface area contributed by atoms with Crippen molar-refractivity contribution >= 4 is 5.71 Å². The summed E-state index contributed by atoms with van der Waals surface area (Å²) >= 11 is 0. The van der Waals surface area contributed by atoms with Crippen LogP contribution in [0.4, 0.5) is 0 Å². The fourth-order valence-corrected chi connectivity index (χ4v) is 4.02. The molecule has 0 N–H and O–H groups in total. The van der Waals surface area contributed by atoms with Crippen molar-refractivity contribution in [2.75, 3.05) is 34.4 Å².